The number of alkyl halides is 3. The van der Waals surface area contributed by atoms with Gasteiger partial charge in [-0.15, -0.1) is 0 Å². The molecule has 2 N–H and O–H groups in total. The quantitative estimate of drug-likeness (QED) is 0.475. The van der Waals surface area contributed by atoms with Gasteiger partial charge < -0.3 is 24.5 Å². The fraction of sp³-hybridized carbons (Fsp3) is 0.476. The van der Waals surface area contributed by atoms with E-state index in [-0.39, 0.29) is 5.75 Å². The molecule has 164 valence electrons. The van der Waals surface area contributed by atoms with Gasteiger partial charge in [-0.3, -0.25) is 0 Å². The summed E-state index contributed by atoms with van der Waals surface area (Å²) in [6, 6.07) is 10.2. The number of guanidine groups is 1. The summed E-state index contributed by atoms with van der Waals surface area (Å²) in [4.78, 5) is 4.59. The van der Waals surface area contributed by atoms with Crippen molar-refractivity contribution < 1.29 is 27.1 Å². The van der Waals surface area contributed by atoms with E-state index in [0.29, 0.717) is 25.0 Å². The number of hydrogen-bond acceptors (Lipinski definition) is 4. The second kappa shape index (κ2) is 10.9. The first kappa shape index (κ1) is 22.0. The fourth-order valence-corrected chi connectivity index (χ4v) is 2.95. The van der Waals surface area contributed by atoms with Gasteiger partial charge in [-0.05, 0) is 36.2 Å². The highest BCUT2D eigenvalue weighted by molar-refractivity contribution is 5.79. The van der Waals surface area contributed by atoms with E-state index in [9.17, 15) is 13.2 Å². The van der Waals surface area contributed by atoms with Crippen LogP contribution in [0.1, 0.15) is 17.7 Å². The molecule has 1 aliphatic heterocycles. The van der Waals surface area contributed by atoms with Gasteiger partial charge in [-0.1, -0.05) is 12.1 Å². The van der Waals surface area contributed by atoms with Crippen LogP contribution in [0.4, 0.5) is 13.2 Å². The number of nitrogens with one attached hydrogen (secondary N) is 2. The summed E-state index contributed by atoms with van der Waals surface area (Å²) in [6.45, 7) is 2.03. The summed E-state index contributed by atoms with van der Waals surface area (Å²) in [5.74, 6) is 2.19. The zero-order valence-corrected chi connectivity index (χ0v) is 16.6. The highest BCUT2D eigenvalue weighted by atomic mass is 19.4. The van der Waals surface area contributed by atoms with Crippen molar-refractivity contribution in [2.45, 2.75) is 25.6 Å². The van der Waals surface area contributed by atoms with Gasteiger partial charge in [0.15, 0.2) is 12.6 Å². The Balaban J connectivity index is 1.52. The topological polar surface area (TPSA) is 68.0 Å². The zero-order chi connectivity index (χ0) is 21.2. The van der Waals surface area contributed by atoms with Crippen LogP contribution in [0.2, 0.25) is 0 Å². The van der Waals surface area contributed by atoms with Crippen LogP contribution in [0, 0.1) is 5.92 Å². The summed E-state index contributed by atoms with van der Waals surface area (Å²) < 4.78 is 52.2. The Kier molecular flexibility index (Phi) is 8.01. The largest absolute Gasteiger partial charge is 0.484 e. The zero-order valence-electron chi connectivity index (χ0n) is 16.6. The Labute approximate surface area is 173 Å². The molecule has 9 heteroatoms. The average Bonchev–Trinajstić information content (AvgIpc) is 3.42. The molecule has 0 aliphatic carbocycles. The van der Waals surface area contributed by atoms with E-state index in [1.807, 2.05) is 12.1 Å². The van der Waals surface area contributed by atoms with Crippen LogP contribution in [-0.4, -0.2) is 45.0 Å². The molecule has 0 saturated carbocycles. The molecular formula is C21H26F3N3O3. The maximum atomic E-state index is 12.2. The van der Waals surface area contributed by atoms with Crippen molar-refractivity contribution in [2.24, 2.45) is 10.9 Å². The SMILES string of the molecule is FC(F)(F)COc1ccc(CN=C(NCCc2ccco2)NCC2CCOC2)cc1. The smallest absolute Gasteiger partial charge is 0.422 e. The minimum absolute atomic E-state index is 0.177. The van der Waals surface area contributed by atoms with E-state index in [1.165, 1.54) is 12.1 Å². The van der Waals surface area contributed by atoms with Crippen molar-refractivity contribution in [3.8, 4) is 5.75 Å². The number of furan rings is 1. The molecule has 1 unspecified atom stereocenters. The average molecular weight is 425 g/mol. The van der Waals surface area contributed by atoms with Gasteiger partial charge in [-0.2, -0.15) is 13.2 Å². The van der Waals surface area contributed by atoms with Gasteiger partial charge in [-0.25, -0.2) is 4.99 Å². The number of halogens is 3. The predicted octanol–water partition coefficient (Wildman–Crippen LogP) is 3.54. The van der Waals surface area contributed by atoms with Crippen LogP contribution in [0.3, 0.4) is 0 Å². The monoisotopic (exact) mass is 425 g/mol. The van der Waals surface area contributed by atoms with Crippen LogP contribution in [0.15, 0.2) is 52.1 Å². The second-order valence-corrected chi connectivity index (χ2v) is 7.08. The molecule has 2 aromatic rings. The Bertz CT molecular complexity index is 771. The van der Waals surface area contributed by atoms with Crippen molar-refractivity contribution in [3.05, 3.63) is 54.0 Å². The van der Waals surface area contributed by atoms with E-state index in [1.54, 1.807) is 18.4 Å². The molecule has 0 radical (unpaired) electrons. The molecule has 1 fully saturated rings. The number of hydrogen-bond donors (Lipinski definition) is 2. The third-order valence-electron chi connectivity index (χ3n) is 4.57. The van der Waals surface area contributed by atoms with E-state index in [4.69, 9.17) is 13.9 Å². The van der Waals surface area contributed by atoms with Gasteiger partial charge in [0.05, 0.1) is 19.4 Å². The van der Waals surface area contributed by atoms with Crippen molar-refractivity contribution in [1.29, 1.82) is 0 Å². The molecule has 3 rings (SSSR count). The van der Waals surface area contributed by atoms with Gasteiger partial charge in [0.1, 0.15) is 11.5 Å². The molecule has 0 amide bonds. The summed E-state index contributed by atoms with van der Waals surface area (Å²) in [6.07, 6.45) is -0.961. The van der Waals surface area contributed by atoms with E-state index >= 15 is 0 Å². The molecular weight excluding hydrogens is 399 g/mol. The lowest BCUT2D eigenvalue weighted by atomic mass is 10.1. The van der Waals surface area contributed by atoms with Crippen LogP contribution in [-0.2, 0) is 17.7 Å². The number of aliphatic imine (C=N–C) groups is 1. The highest BCUT2D eigenvalue weighted by Gasteiger charge is 2.28. The van der Waals surface area contributed by atoms with E-state index < -0.39 is 12.8 Å². The minimum atomic E-state index is -4.35. The van der Waals surface area contributed by atoms with E-state index in [0.717, 1.165) is 43.9 Å². The lowest BCUT2D eigenvalue weighted by Crippen LogP contribution is -2.40. The number of rotatable bonds is 9. The Morgan fingerprint density at radius 3 is 2.67 bits per heavy atom. The normalized spacial score (nSPS) is 17.2. The lowest BCUT2D eigenvalue weighted by Gasteiger charge is -2.15. The lowest BCUT2D eigenvalue weighted by molar-refractivity contribution is -0.153. The molecule has 1 aromatic carbocycles. The van der Waals surface area contributed by atoms with Gasteiger partial charge in [0.25, 0.3) is 0 Å². The number of ether oxygens (including phenoxy) is 2. The first-order valence-corrected chi connectivity index (χ1v) is 9.89. The molecule has 6 nitrogen and oxygen atoms in total. The minimum Gasteiger partial charge on any atom is -0.484 e. The molecule has 0 spiro atoms. The van der Waals surface area contributed by atoms with Crippen LogP contribution in [0.5, 0.6) is 5.75 Å². The molecule has 2 heterocycles. The standard InChI is InChI=1S/C21H26F3N3O3/c22-21(23,24)15-30-19-5-3-16(4-6-19)12-26-20(27-13-17-8-11-28-14-17)25-9-7-18-2-1-10-29-18/h1-6,10,17H,7-9,11-15H2,(H2,25,26,27). The Hall–Kier alpha value is -2.68. The number of benzene rings is 1. The van der Waals surface area contributed by atoms with Crippen LogP contribution < -0.4 is 15.4 Å². The first-order valence-electron chi connectivity index (χ1n) is 9.89. The highest BCUT2D eigenvalue weighted by Crippen LogP contribution is 2.19. The van der Waals surface area contributed by atoms with E-state index in [2.05, 4.69) is 15.6 Å². The van der Waals surface area contributed by atoms with Gasteiger partial charge in [0, 0.05) is 32.0 Å². The van der Waals surface area contributed by atoms with Gasteiger partial charge in [0.2, 0.25) is 0 Å². The van der Waals surface area contributed by atoms with Crippen molar-refractivity contribution in [3.63, 3.8) is 0 Å². The van der Waals surface area contributed by atoms with Gasteiger partial charge >= 0.3 is 6.18 Å². The first-order chi connectivity index (χ1) is 14.5. The molecule has 1 aromatic heterocycles. The second-order valence-electron chi connectivity index (χ2n) is 7.08. The number of nitrogens with zero attached hydrogens (tertiary/aromatic N) is 1. The summed E-state index contributed by atoms with van der Waals surface area (Å²) >= 11 is 0. The summed E-state index contributed by atoms with van der Waals surface area (Å²) in [5.41, 5.74) is 0.866. The predicted molar refractivity (Wildman–Crippen MR) is 106 cm³/mol. The molecule has 30 heavy (non-hydrogen) atoms. The van der Waals surface area contributed by atoms with Crippen molar-refractivity contribution in [1.82, 2.24) is 10.6 Å². The fourth-order valence-electron chi connectivity index (χ4n) is 2.95. The van der Waals surface area contributed by atoms with Crippen LogP contribution >= 0.6 is 0 Å². The maximum Gasteiger partial charge on any atom is 0.422 e. The third-order valence-corrected chi connectivity index (χ3v) is 4.57. The Morgan fingerprint density at radius 2 is 2.00 bits per heavy atom. The third kappa shape index (κ3) is 7.98. The Morgan fingerprint density at radius 1 is 1.17 bits per heavy atom. The van der Waals surface area contributed by atoms with Crippen LogP contribution in [0.25, 0.3) is 0 Å². The van der Waals surface area contributed by atoms with Crippen molar-refractivity contribution >= 4 is 5.96 Å². The summed E-state index contributed by atoms with van der Waals surface area (Å²) in [7, 11) is 0. The molecule has 1 aliphatic rings. The molecule has 1 atom stereocenters. The maximum absolute atomic E-state index is 12.2. The molecule has 0 bridgehead atoms. The summed E-state index contributed by atoms with van der Waals surface area (Å²) in [5, 5.41) is 6.63. The van der Waals surface area contributed by atoms with Crippen molar-refractivity contribution in [2.75, 3.05) is 32.9 Å². The molecule has 1 saturated heterocycles.